The Hall–Kier alpha value is -1.55. The van der Waals surface area contributed by atoms with Gasteiger partial charge in [0.1, 0.15) is 12.4 Å². The summed E-state index contributed by atoms with van der Waals surface area (Å²) in [6.45, 7) is 4.99. The average molecular weight is 248 g/mol. The predicted octanol–water partition coefficient (Wildman–Crippen LogP) is 1.29. The molecule has 0 aromatic heterocycles. The van der Waals surface area contributed by atoms with Gasteiger partial charge in [-0.15, -0.1) is 0 Å². The van der Waals surface area contributed by atoms with Crippen molar-refractivity contribution in [3.8, 4) is 5.75 Å². The van der Waals surface area contributed by atoms with Gasteiger partial charge >= 0.3 is 0 Å². The van der Waals surface area contributed by atoms with Crippen LogP contribution >= 0.6 is 0 Å². The maximum absolute atomic E-state index is 11.6. The molecule has 1 aromatic rings. The first kappa shape index (κ1) is 12.9. The third kappa shape index (κ3) is 2.82. The average Bonchev–Trinajstić information content (AvgIpc) is 3.07. The van der Waals surface area contributed by atoms with Crippen LogP contribution in [0.3, 0.4) is 0 Å². The fourth-order valence-electron chi connectivity index (χ4n) is 1.88. The Morgan fingerprint density at radius 2 is 2.00 bits per heavy atom. The number of aryl methyl sites for hydroxylation is 2. The van der Waals surface area contributed by atoms with Crippen LogP contribution in [0.2, 0.25) is 0 Å². The first-order chi connectivity index (χ1) is 8.53. The molecule has 2 rings (SSSR count). The maximum Gasteiger partial charge on any atom is 0.240 e. The topological polar surface area (TPSA) is 64.3 Å². The molecule has 0 spiro atoms. The predicted molar refractivity (Wildman–Crippen MR) is 70.6 cm³/mol. The molecular formula is C14H20N2O2. The molecule has 4 heteroatoms. The molecule has 1 saturated carbocycles. The molecule has 0 unspecified atom stereocenters. The molecule has 1 aliphatic rings. The summed E-state index contributed by atoms with van der Waals surface area (Å²) in [7, 11) is 0. The van der Waals surface area contributed by atoms with E-state index >= 15 is 0 Å². The molecule has 3 N–H and O–H groups in total. The van der Waals surface area contributed by atoms with Crippen molar-refractivity contribution in [3.63, 3.8) is 0 Å². The van der Waals surface area contributed by atoms with Gasteiger partial charge in [-0.1, -0.05) is 18.2 Å². The summed E-state index contributed by atoms with van der Waals surface area (Å²) in [6, 6.07) is 6.03. The van der Waals surface area contributed by atoms with Crippen molar-refractivity contribution in [2.24, 2.45) is 5.73 Å². The van der Waals surface area contributed by atoms with E-state index in [0.717, 1.165) is 29.7 Å². The van der Waals surface area contributed by atoms with Crippen molar-refractivity contribution in [1.82, 2.24) is 5.32 Å². The van der Waals surface area contributed by atoms with Gasteiger partial charge in [0.15, 0.2) is 0 Å². The van der Waals surface area contributed by atoms with E-state index in [-0.39, 0.29) is 5.91 Å². The quantitative estimate of drug-likeness (QED) is 0.772. The molecule has 1 fully saturated rings. The zero-order chi connectivity index (χ0) is 13.2. The Morgan fingerprint density at radius 1 is 1.39 bits per heavy atom. The van der Waals surface area contributed by atoms with Gasteiger partial charge in [-0.05, 0) is 37.8 Å². The molecule has 0 aliphatic heterocycles. The second-order valence-corrected chi connectivity index (χ2v) is 4.98. The van der Waals surface area contributed by atoms with Gasteiger partial charge in [0, 0.05) is 0 Å². The Bertz CT molecular complexity index is 433. The van der Waals surface area contributed by atoms with Crippen LogP contribution in [0.1, 0.15) is 24.0 Å². The number of rotatable bonds is 5. The van der Waals surface area contributed by atoms with Crippen LogP contribution in [-0.2, 0) is 4.79 Å². The van der Waals surface area contributed by atoms with Crippen LogP contribution in [0.15, 0.2) is 18.2 Å². The molecule has 98 valence electrons. The molecular weight excluding hydrogens is 228 g/mol. The van der Waals surface area contributed by atoms with Crippen LogP contribution < -0.4 is 15.8 Å². The Labute approximate surface area is 108 Å². The van der Waals surface area contributed by atoms with Crippen molar-refractivity contribution in [2.45, 2.75) is 32.2 Å². The third-order valence-corrected chi connectivity index (χ3v) is 3.28. The van der Waals surface area contributed by atoms with E-state index < -0.39 is 5.54 Å². The molecule has 0 saturated heterocycles. The smallest absolute Gasteiger partial charge is 0.240 e. The molecule has 1 aliphatic carbocycles. The Kier molecular flexibility index (Phi) is 3.57. The number of amides is 1. The number of hydrogen-bond donors (Lipinski definition) is 2. The van der Waals surface area contributed by atoms with Gasteiger partial charge in [-0.25, -0.2) is 0 Å². The van der Waals surface area contributed by atoms with E-state index in [1.165, 1.54) is 0 Å². The monoisotopic (exact) mass is 248 g/mol. The lowest BCUT2D eigenvalue weighted by Crippen LogP contribution is -2.44. The summed E-state index contributed by atoms with van der Waals surface area (Å²) in [6.07, 6.45) is 1.58. The first-order valence-electron chi connectivity index (χ1n) is 6.29. The minimum absolute atomic E-state index is 0.0624. The molecule has 0 radical (unpaired) electrons. The summed E-state index contributed by atoms with van der Waals surface area (Å²) in [5.41, 5.74) is 7.40. The SMILES string of the molecule is Cc1cccc(C)c1OCCNC(=O)C1(N)CC1. The minimum atomic E-state index is -0.599. The van der Waals surface area contributed by atoms with Gasteiger partial charge in [0.05, 0.1) is 12.1 Å². The Morgan fingerprint density at radius 3 is 2.56 bits per heavy atom. The summed E-state index contributed by atoms with van der Waals surface area (Å²) < 4.78 is 5.70. The number of hydrogen-bond acceptors (Lipinski definition) is 3. The van der Waals surface area contributed by atoms with Gasteiger partial charge in [-0.2, -0.15) is 0 Å². The van der Waals surface area contributed by atoms with E-state index in [4.69, 9.17) is 10.5 Å². The lowest BCUT2D eigenvalue weighted by atomic mass is 10.1. The molecule has 1 amide bonds. The van der Waals surface area contributed by atoms with Crippen molar-refractivity contribution in [2.75, 3.05) is 13.2 Å². The number of nitrogens with one attached hydrogen (secondary N) is 1. The first-order valence-corrected chi connectivity index (χ1v) is 6.29. The van der Waals surface area contributed by atoms with Crippen LogP contribution in [-0.4, -0.2) is 24.6 Å². The van der Waals surface area contributed by atoms with Gasteiger partial charge in [0.2, 0.25) is 5.91 Å². The zero-order valence-electron chi connectivity index (χ0n) is 11.0. The maximum atomic E-state index is 11.6. The summed E-state index contributed by atoms with van der Waals surface area (Å²) in [4.78, 5) is 11.6. The van der Waals surface area contributed by atoms with Crippen LogP contribution in [0, 0.1) is 13.8 Å². The summed E-state index contributed by atoms with van der Waals surface area (Å²) in [5.74, 6) is 0.841. The van der Waals surface area contributed by atoms with Gasteiger partial charge < -0.3 is 15.8 Å². The van der Waals surface area contributed by atoms with Gasteiger partial charge in [-0.3, -0.25) is 4.79 Å². The van der Waals surface area contributed by atoms with Crippen molar-refractivity contribution < 1.29 is 9.53 Å². The van der Waals surface area contributed by atoms with Crippen molar-refractivity contribution in [1.29, 1.82) is 0 Å². The number of benzene rings is 1. The normalized spacial score (nSPS) is 16.2. The van der Waals surface area contributed by atoms with E-state index in [0.29, 0.717) is 13.2 Å². The Balaban J connectivity index is 1.77. The van der Waals surface area contributed by atoms with Crippen molar-refractivity contribution in [3.05, 3.63) is 29.3 Å². The van der Waals surface area contributed by atoms with Crippen LogP contribution in [0.4, 0.5) is 0 Å². The largest absolute Gasteiger partial charge is 0.491 e. The van der Waals surface area contributed by atoms with Crippen molar-refractivity contribution >= 4 is 5.91 Å². The highest BCUT2D eigenvalue weighted by Gasteiger charge is 2.45. The number of nitrogens with two attached hydrogens (primary N) is 1. The highest BCUT2D eigenvalue weighted by atomic mass is 16.5. The molecule has 1 aromatic carbocycles. The lowest BCUT2D eigenvalue weighted by Gasteiger charge is -2.13. The lowest BCUT2D eigenvalue weighted by molar-refractivity contribution is -0.123. The van der Waals surface area contributed by atoms with E-state index in [9.17, 15) is 4.79 Å². The second kappa shape index (κ2) is 4.98. The van der Waals surface area contributed by atoms with E-state index in [1.807, 2.05) is 32.0 Å². The molecule has 4 nitrogen and oxygen atoms in total. The molecule has 0 bridgehead atoms. The minimum Gasteiger partial charge on any atom is -0.491 e. The van der Waals surface area contributed by atoms with E-state index in [2.05, 4.69) is 5.32 Å². The highest BCUT2D eigenvalue weighted by Crippen LogP contribution is 2.31. The third-order valence-electron chi connectivity index (χ3n) is 3.28. The second-order valence-electron chi connectivity index (χ2n) is 4.98. The molecule has 18 heavy (non-hydrogen) atoms. The summed E-state index contributed by atoms with van der Waals surface area (Å²) in [5, 5.41) is 2.81. The van der Waals surface area contributed by atoms with Crippen LogP contribution in [0.25, 0.3) is 0 Å². The zero-order valence-corrected chi connectivity index (χ0v) is 11.0. The molecule has 0 heterocycles. The van der Waals surface area contributed by atoms with Gasteiger partial charge in [0.25, 0.3) is 0 Å². The van der Waals surface area contributed by atoms with E-state index in [1.54, 1.807) is 0 Å². The fourth-order valence-corrected chi connectivity index (χ4v) is 1.88. The highest BCUT2D eigenvalue weighted by molar-refractivity contribution is 5.88. The number of ether oxygens (including phenoxy) is 1. The summed E-state index contributed by atoms with van der Waals surface area (Å²) >= 11 is 0. The molecule has 0 atom stereocenters. The number of para-hydroxylation sites is 1. The number of carbonyl (C=O) groups excluding carboxylic acids is 1. The fraction of sp³-hybridized carbons (Fsp3) is 0.500. The number of carbonyl (C=O) groups is 1. The van der Waals surface area contributed by atoms with Crippen LogP contribution in [0.5, 0.6) is 5.75 Å². The standard InChI is InChI=1S/C14H20N2O2/c1-10-4-3-5-11(2)12(10)18-9-8-16-13(17)14(15)6-7-14/h3-5H,6-9,15H2,1-2H3,(H,16,17).